The van der Waals surface area contributed by atoms with Crippen LogP contribution in [-0.4, -0.2) is 130 Å². The first-order valence-electron chi connectivity index (χ1n) is 32.6. The third-order valence-corrected chi connectivity index (χ3v) is 26.4. The number of rotatable bonds is 21. The van der Waals surface area contributed by atoms with Gasteiger partial charge in [0.25, 0.3) is 17.4 Å². The van der Waals surface area contributed by atoms with Crippen molar-refractivity contribution in [1.82, 2.24) is 0 Å². The Kier molecular flexibility index (Phi) is 37.9. The fraction of sp³-hybridized carbons (Fsp3) is 0.515. The molecule has 18 atom stereocenters. The van der Waals surface area contributed by atoms with Crippen molar-refractivity contribution in [2.75, 3.05) is 12.5 Å². The summed E-state index contributed by atoms with van der Waals surface area (Å²) in [6.07, 6.45) is 10.3. The number of hydrogen-bond acceptors (Lipinski definition) is 30. The second-order valence-electron chi connectivity index (χ2n) is 26.6. The summed E-state index contributed by atoms with van der Waals surface area (Å²) in [6, 6.07) is 42.6. The van der Waals surface area contributed by atoms with Crippen LogP contribution in [0.15, 0.2) is 141 Å². The summed E-state index contributed by atoms with van der Waals surface area (Å²) in [5, 5.41) is 36.8. The molecule has 113 heavy (non-hydrogen) atoms. The summed E-state index contributed by atoms with van der Waals surface area (Å²) in [6.45, 7) is 0. The summed E-state index contributed by atoms with van der Waals surface area (Å²) < 4.78 is 166. The number of alkyl halides is 8. The van der Waals surface area contributed by atoms with Gasteiger partial charge in [0.15, 0.2) is 19.6 Å². The standard InChI is InChI=1S/2C13H13S.3C10H10F2O7S.C8H10O3.C2H2F2O4S.2ClH.3Na/c2*1-14(12-8-4-2-5-9-12)13-10-6-3-7-11-13;3*11-10(12,20-19-18-15)8(14)17-9-3-4-1-5(6(9)2-4)7(13)16-9;9-6-3-1-4-5(2-3)8(10)11-7(4)6;3-2(4,1(5)6)9(7)8;;;;;/h2*2-11H,1H3;3*4-6,15H,1-3H2;3-7,9H,1-2H2;(H,5,6)(H,7,8);2*1H;;;/q2*+1;;;;;;;;3*+1/p-6. The molecule has 28 nitrogen and oxygen atoms in total. The summed E-state index contributed by atoms with van der Waals surface area (Å²) in [5.41, 5.74) is 0. The predicted octanol–water partition coefficient (Wildman–Crippen LogP) is -7.92. The largest absolute Gasteiger partial charge is 1.00 e. The maximum atomic E-state index is 13.3. The number of aliphatic carboxylic acids is 1. The number of carboxylic acids is 1. The number of benzene rings is 4. The van der Waals surface area contributed by atoms with E-state index in [1.54, 1.807) is 0 Å². The molecule has 12 aliphatic rings. The smallest absolute Gasteiger partial charge is 1.00 e. The summed E-state index contributed by atoms with van der Waals surface area (Å²) in [7, 11) is 0.406. The van der Waals surface area contributed by atoms with Crippen LogP contribution in [0.3, 0.4) is 0 Å². The zero-order valence-corrected chi connectivity index (χ0v) is 72.1. The average Bonchev–Trinajstić information content (AvgIpc) is 1.57. The number of esters is 7. The van der Waals surface area contributed by atoms with Crippen molar-refractivity contribution in [2.45, 2.75) is 141 Å². The number of hydrogen-bond donors (Lipinski definition) is 2. The van der Waals surface area contributed by atoms with E-state index in [-0.39, 0.29) is 232 Å². The van der Waals surface area contributed by atoms with Gasteiger partial charge in [-0.3, -0.25) is 38.5 Å². The van der Waals surface area contributed by atoms with E-state index in [9.17, 15) is 103 Å². The molecule has 4 heterocycles. The number of fused-ring (bicyclic) bond motifs is 4. The van der Waals surface area contributed by atoms with E-state index in [0.29, 0.717) is 50.4 Å². The van der Waals surface area contributed by atoms with Crippen LogP contribution in [0.2, 0.25) is 0 Å². The molecule has 0 radical (unpaired) electrons. The van der Waals surface area contributed by atoms with Gasteiger partial charge in [-0.1, -0.05) is 72.8 Å². The third-order valence-electron chi connectivity index (χ3n) is 20.4. The topological polar surface area (TPSA) is 406 Å². The molecule has 4 aromatic rings. The molecule has 8 aliphatic carbocycles. The number of aliphatic hydroxyl groups excluding tert-OH is 1. The molecule has 8 saturated carbocycles. The van der Waals surface area contributed by atoms with E-state index in [1.165, 1.54) is 19.6 Å². The molecule has 0 aromatic heterocycles. The number of carbonyl (C=O) groups is 8. The molecule has 4 aliphatic heterocycles. The number of aliphatic hydroxyl groups is 1. The maximum Gasteiger partial charge on any atom is 1.00 e. The fourth-order valence-corrected chi connectivity index (χ4v) is 19.6. The van der Waals surface area contributed by atoms with Gasteiger partial charge >= 0.3 is 157 Å². The van der Waals surface area contributed by atoms with Crippen LogP contribution in [0.25, 0.3) is 0 Å². The van der Waals surface area contributed by atoms with Crippen molar-refractivity contribution >= 4 is 117 Å². The van der Waals surface area contributed by atoms with Crippen molar-refractivity contribution in [3.8, 4) is 0 Å². The minimum absolute atomic E-state index is 0. The van der Waals surface area contributed by atoms with Crippen molar-refractivity contribution < 1.29 is 283 Å². The van der Waals surface area contributed by atoms with Gasteiger partial charge in [0.05, 0.1) is 69.3 Å². The number of carboxylic acid groups (broad SMARTS) is 1. The molecule has 606 valence electrons. The van der Waals surface area contributed by atoms with E-state index < -0.39 is 127 Å². The number of halogens is 10. The van der Waals surface area contributed by atoms with Crippen LogP contribution in [0.4, 0.5) is 35.1 Å². The molecule has 4 saturated heterocycles. The first-order chi connectivity index (χ1) is 51.0. The van der Waals surface area contributed by atoms with Gasteiger partial charge in [0.2, 0.25) is 0 Å². The fourth-order valence-electron chi connectivity index (χ4n) is 16.0. The predicted molar refractivity (Wildman–Crippen MR) is 344 cm³/mol. The van der Waals surface area contributed by atoms with Gasteiger partial charge in [0, 0.05) is 36.3 Å². The number of ether oxygens (including phenoxy) is 7. The Labute approximate surface area is 738 Å². The molecule has 2 N–H and O–H groups in total. The summed E-state index contributed by atoms with van der Waals surface area (Å²) >= 11 is -6.20. The molecular weight excluding hydrogens is 1720 g/mol. The van der Waals surface area contributed by atoms with E-state index in [1.807, 2.05) is 0 Å². The van der Waals surface area contributed by atoms with Crippen LogP contribution in [0.5, 0.6) is 0 Å². The van der Waals surface area contributed by atoms with E-state index in [0.717, 1.165) is 12.8 Å². The Bertz CT molecular complexity index is 3560. The third kappa shape index (κ3) is 23.0. The maximum absolute atomic E-state index is 13.3. The van der Waals surface area contributed by atoms with Crippen LogP contribution in [-0.2, 0) is 133 Å². The SMILES string of the molecule is C[S+](c1ccccc1)c1ccccc1.C[S+](c1ccccc1)c1ccccc1.O=C(O)C(F)(F)S(=O)[O-].O=C1OC2(OC(=O)C(F)(F)SOO[O-])CC3CC1C2C3.O=C1OC2(OC(=O)C(F)(F)SOO[O-])CC3CC1C2C3.O=C1OC2(OC(=O)C(F)(F)SOO[O-])CC3CC1C2C3.O=C1OC2C(O)C3CC1C2C3.[Cl-].[Cl-].[Na+].[Na+].[Na+]. The van der Waals surface area contributed by atoms with Crippen LogP contribution >= 0.6 is 36.1 Å². The molecular formula is C66H64Cl2F8Na3O28S6-. The molecule has 16 rings (SSSR count). The quantitative estimate of drug-likeness (QED) is 0.00900. The van der Waals surface area contributed by atoms with Crippen molar-refractivity contribution in [2.24, 2.45) is 71.0 Å². The van der Waals surface area contributed by atoms with E-state index in [2.05, 4.69) is 162 Å². The van der Waals surface area contributed by atoms with Gasteiger partial charge in [-0.05, 0) is 124 Å². The van der Waals surface area contributed by atoms with Crippen molar-refractivity contribution in [3.05, 3.63) is 121 Å². The van der Waals surface area contributed by atoms with Gasteiger partial charge in [-0.25, -0.2) is 19.2 Å². The molecule has 47 heteroatoms. The van der Waals surface area contributed by atoms with Crippen molar-refractivity contribution in [1.29, 1.82) is 0 Å². The van der Waals surface area contributed by atoms with Crippen LogP contribution in [0.1, 0.15) is 70.6 Å². The van der Waals surface area contributed by atoms with Gasteiger partial charge in [0.1, 0.15) is 54.7 Å². The Morgan fingerprint density at radius 2 is 0.761 bits per heavy atom. The summed E-state index contributed by atoms with van der Waals surface area (Å²) in [4.78, 5) is 95.3. The van der Waals surface area contributed by atoms with E-state index in [4.69, 9.17) is 38.3 Å². The zero-order valence-electron chi connectivity index (χ0n) is 59.6. The average molecular weight is 1790 g/mol. The minimum Gasteiger partial charge on any atom is -1.00 e. The molecule has 4 aromatic carbocycles. The minimum atomic E-state index is -4.67. The van der Waals surface area contributed by atoms with Crippen LogP contribution < -0.4 is 129 Å². The van der Waals surface area contributed by atoms with Gasteiger partial charge in [-0.15, -0.1) is 0 Å². The second kappa shape index (κ2) is 42.6. The van der Waals surface area contributed by atoms with Gasteiger partial charge in [-0.2, -0.15) is 48.1 Å². The molecule has 18 unspecified atom stereocenters. The molecule has 8 bridgehead atoms. The van der Waals surface area contributed by atoms with Crippen LogP contribution in [0, 0.1) is 71.0 Å². The Morgan fingerprint density at radius 1 is 0.478 bits per heavy atom. The second-order valence-corrected chi connectivity index (χ2v) is 33.9. The Balaban J connectivity index is 0.000000237. The molecule has 0 spiro atoms. The van der Waals surface area contributed by atoms with E-state index >= 15 is 0 Å². The van der Waals surface area contributed by atoms with Gasteiger partial charge < -0.3 is 88.5 Å². The first kappa shape index (κ1) is 101. The molecule has 0 amide bonds. The normalized spacial score (nSPS) is 29.7. The first-order valence-corrected chi connectivity index (χ1v) is 39.2. The number of carbonyl (C=O) groups excluding carboxylic acids is 7. The summed E-state index contributed by atoms with van der Waals surface area (Å²) in [5.74, 6) is -15.9. The zero-order chi connectivity index (χ0) is 78.5. The molecule has 12 fully saturated rings. The Morgan fingerprint density at radius 3 is 0.982 bits per heavy atom. The van der Waals surface area contributed by atoms with Crippen molar-refractivity contribution in [3.63, 3.8) is 0 Å². The monoisotopic (exact) mass is 1790 g/mol. The Hall–Kier alpha value is -2.88.